The Morgan fingerprint density at radius 3 is 2.54 bits per heavy atom. The van der Waals surface area contributed by atoms with Gasteiger partial charge in [0, 0.05) is 28.4 Å². The van der Waals surface area contributed by atoms with Gasteiger partial charge in [-0.3, -0.25) is 0 Å². The van der Waals surface area contributed by atoms with Crippen molar-refractivity contribution in [2.45, 2.75) is 39.0 Å². The Bertz CT molecular complexity index is 956. The van der Waals surface area contributed by atoms with Crippen molar-refractivity contribution in [2.75, 3.05) is 0 Å². The van der Waals surface area contributed by atoms with Crippen LogP contribution >= 0.6 is 0 Å². The van der Waals surface area contributed by atoms with Crippen molar-refractivity contribution in [1.82, 2.24) is 4.98 Å². The molecule has 1 unspecified atom stereocenters. The SMILES string of the molecule is CC(C)c1cc2ccc(CC(C)c3cc4ccccc4[nH]3)cc2o1. The summed E-state index contributed by atoms with van der Waals surface area (Å²) in [5.74, 6) is 1.92. The lowest BCUT2D eigenvalue weighted by molar-refractivity contribution is 0.521. The molecule has 0 aliphatic heterocycles. The summed E-state index contributed by atoms with van der Waals surface area (Å²) >= 11 is 0. The maximum absolute atomic E-state index is 6.00. The van der Waals surface area contributed by atoms with E-state index in [1.165, 1.54) is 27.5 Å². The van der Waals surface area contributed by atoms with Crippen LogP contribution in [0.25, 0.3) is 21.9 Å². The normalized spacial score (nSPS) is 13.2. The molecule has 2 nitrogen and oxygen atoms in total. The smallest absolute Gasteiger partial charge is 0.134 e. The van der Waals surface area contributed by atoms with Crippen LogP contribution in [0, 0.1) is 0 Å². The molecule has 0 spiro atoms. The van der Waals surface area contributed by atoms with Crippen molar-refractivity contribution in [3.05, 3.63) is 71.6 Å². The van der Waals surface area contributed by atoms with Crippen LogP contribution in [-0.4, -0.2) is 4.98 Å². The monoisotopic (exact) mass is 317 g/mol. The second-order valence-corrected chi connectivity index (χ2v) is 7.09. The predicted molar refractivity (Wildman–Crippen MR) is 101 cm³/mol. The summed E-state index contributed by atoms with van der Waals surface area (Å²) in [6.45, 7) is 6.60. The zero-order valence-electron chi connectivity index (χ0n) is 14.5. The molecule has 4 aromatic rings. The number of para-hydroxylation sites is 1. The molecule has 2 aromatic carbocycles. The Kier molecular flexibility index (Phi) is 3.68. The van der Waals surface area contributed by atoms with Crippen LogP contribution in [0.1, 0.15) is 49.6 Å². The first-order valence-electron chi connectivity index (χ1n) is 8.70. The second kappa shape index (κ2) is 5.86. The topological polar surface area (TPSA) is 28.9 Å². The van der Waals surface area contributed by atoms with Gasteiger partial charge in [-0.05, 0) is 41.6 Å². The van der Waals surface area contributed by atoms with Gasteiger partial charge in [0.1, 0.15) is 11.3 Å². The van der Waals surface area contributed by atoms with E-state index >= 15 is 0 Å². The van der Waals surface area contributed by atoms with Gasteiger partial charge in [0.15, 0.2) is 0 Å². The minimum absolute atomic E-state index is 0.422. The van der Waals surface area contributed by atoms with Gasteiger partial charge in [-0.2, -0.15) is 0 Å². The summed E-state index contributed by atoms with van der Waals surface area (Å²) in [7, 11) is 0. The van der Waals surface area contributed by atoms with Gasteiger partial charge in [-0.25, -0.2) is 0 Å². The highest BCUT2D eigenvalue weighted by molar-refractivity contribution is 5.80. The molecule has 0 amide bonds. The number of rotatable bonds is 4. The van der Waals surface area contributed by atoms with E-state index in [0.717, 1.165) is 17.8 Å². The molecule has 0 radical (unpaired) electrons. The quantitative estimate of drug-likeness (QED) is 0.464. The summed E-state index contributed by atoms with van der Waals surface area (Å²) in [5, 5.41) is 2.48. The molecular formula is C22H23NO. The van der Waals surface area contributed by atoms with Crippen molar-refractivity contribution in [1.29, 1.82) is 0 Å². The number of benzene rings is 2. The number of aromatic amines is 1. The number of H-pyrrole nitrogens is 1. The average Bonchev–Trinajstić information content (AvgIpc) is 3.18. The van der Waals surface area contributed by atoms with Gasteiger partial charge in [0.2, 0.25) is 0 Å². The zero-order chi connectivity index (χ0) is 16.7. The van der Waals surface area contributed by atoms with E-state index < -0.39 is 0 Å². The maximum atomic E-state index is 6.00. The van der Waals surface area contributed by atoms with E-state index in [0.29, 0.717) is 11.8 Å². The van der Waals surface area contributed by atoms with Gasteiger partial charge in [0.05, 0.1) is 0 Å². The Morgan fingerprint density at radius 1 is 0.917 bits per heavy atom. The van der Waals surface area contributed by atoms with Crippen molar-refractivity contribution in [3.63, 3.8) is 0 Å². The van der Waals surface area contributed by atoms with Gasteiger partial charge < -0.3 is 9.40 Å². The Balaban J connectivity index is 1.60. The Morgan fingerprint density at radius 2 is 1.75 bits per heavy atom. The lowest BCUT2D eigenvalue weighted by atomic mass is 9.97. The molecule has 122 valence electrons. The minimum Gasteiger partial charge on any atom is -0.461 e. The second-order valence-electron chi connectivity index (χ2n) is 7.09. The lowest BCUT2D eigenvalue weighted by Gasteiger charge is -2.09. The third kappa shape index (κ3) is 2.73. The molecule has 2 heteroatoms. The molecule has 2 aromatic heterocycles. The fourth-order valence-electron chi connectivity index (χ4n) is 3.33. The lowest BCUT2D eigenvalue weighted by Crippen LogP contribution is -1.98. The third-order valence-electron chi connectivity index (χ3n) is 4.80. The number of fused-ring (bicyclic) bond motifs is 2. The van der Waals surface area contributed by atoms with Crippen molar-refractivity contribution in [3.8, 4) is 0 Å². The number of hydrogen-bond donors (Lipinski definition) is 1. The highest BCUT2D eigenvalue weighted by Gasteiger charge is 2.12. The molecule has 4 rings (SSSR count). The number of nitrogens with one attached hydrogen (secondary N) is 1. The van der Waals surface area contributed by atoms with E-state index in [1.807, 2.05) is 0 Å². The Labute approximate surface area is 142 Å². The van der Waals surface area contributed by atoms with Gasteiger partial charge in [0.25, 0.3) is 0 Å². The predicted octanol–water partition coefficient (Wildman–Crippen LogP) is 6.38. The first-order valence-corrected chi connectivity index (χ1v) is 8.70. The first-order chi connectivity index (χ1) is 11.6. The molecule has 24 heavy (non-hydrogen) atoms. The summed E-state index contributed by atoms with van der Waals surface area (Å²) < 4.78 is 6.00. The molecule has 0 bridgehead atoms. The van der Waals surface area contributed by atoms with E-state index in [-0.39, 0.29) is 0 Å². The molecule has 2 heterocycles. The Hall–Kier alpha value is -2.48. The number of hydrogen-bond acceptors (Lipinski definition) is 1. The van der Waals surface area contributed by atoms with E-state index in [1.54, 1.807) is 0 Å². The van der Waals surface area contributed by atoms with Gasteiger partial charge in [-0.1, -0.05) is 51.1 Å². The summed E-state index contributed by atoms with van der Waals surface area (Å²) in [6, 6.07) is 19.5. The molecule has 1 N–H and O–H groups in total. The molecule has 1 atom stereocenters. The van der Waals surface area contributed by atoms with Crippen LogP contribution in [0.4, 0.5) is 0 Å². The number of furan rings is 1. The fraction of sp³-hybridized carbons (Fsp3) is 0.273. The molecule has 0 aliphatic carbocycles. The summed E-state index contributed by atoms with van der Waals surface area (Å²) in [5.41, 5.74) is 4.82. The van der Waals surface area contributed by atoms with Crippen LogP contribution in [0.2, 0.25) is 0 Å². The zero-order valence-corrected chi connectivity index (χ0v) is 14.5. The van der Waals surface area contributed by atoms with Crippen LogP contribution in [0.3, 0.4) is 0 Å². The molecule has 0 saturated carbocycles. The van der Waals surface area contributed by atoms with Crippen molar-refractivity contribution >= 4 is 21.9 Å². The highest BCUT2D eigenvalue weighted by Crippen LogP contribution is 2.28. The fourth-order valence-corrected chi connectivity index (χ4v) is 3.33. The van der Waals surface area contributed by atoms with Gasteiger partial charge in [-0.15, -0.1) is 0 Å². The maximum Gasteiger partial charge on any atom is 0.134 e. The third-order valence-corrected chi connectivity index (χ3v) is 4.80. The van der Waals surface area contributed by atoms with E-state index in [2.05, 4.69) is 80.4 Å². The van der Waals surface area contributed by atoms with Crippen molar-refractivity contribution < 1.29 is 4.42 Å². The van der Waals surface area contributed by atoms with Crippen molar-refractivity contribution in [2.24, 2.45) is 0 Å². The largest absolute Gasteiger partial charge is 0.461 e. The van der Waals surface area contributed by atoms with Crippen LogP contribution in [0.5, 0.6) is 0 Å². The van der Waals surface area contributed by atoms with E-state index in [4.69, 9.17) is 4.42 Å². The molecular weight excluding hydrogens is 294 g/mol. The van der Waals surface area contributed by atoms with Gasteiger partial charge >= 0.3 is 0 Å². The standard InChI is InChI=1S/C22H23NO/c1-14(2)21-13-18-9-8-16(11-22(18)24-21)10-15(3)20-12-17-6-4-5-7-19(17)23-20/h4-9,11-15,23H,10H2,1-3H3. The molecule has 0 fully saturated rings. The summed E-state index contributed by atoms with van der Waals surface area (Å²) in [4.78, 5) is 3.55. The summed E-state index contributed by atoms with van der Waals surface area (Å²) in [6.07, 6.45) is 1.00. The molecule has 0 saturated heterocycles. The first kappa shape index (κ1) is 15.1. The van der Waals surface area contributed by atoms with E-state index in [9.17, 15) is 0 Å². The number of aromatic nitrogens is 1. The average molecular weight is 317 g/mol. The minimum atomic E-state index is 0.422. The van der Waals surface area contributed by atoms with Crippen LogP contribution in [-0.2, 0) is 6.42 Å². The van der Waals surface area contributed by atoms with Crippen LogP contribution < -0.4 is 0 Å². The highest BCUT2D eigenvalue weighted by atomic mass is 16.3. The molecule has 0 aliphatic rings. The van der Waals surface area contributed by atoms with Crippen LogP contribution in [0.15, 0.2) is 59.0 Å².